The molecule has 1 saturated carbocycles. The first-order valence-electron chi connectivity index (χ1n) is 11.6. The zero-order valence-corrected chi connectivity index (χ0v) is 21.7. The number of aliphatic imine (C=N–C) groups is 1. The number of likely N-dealkylation sites (tertiary alicyclic amines) is 1. The van der Waals surface area contributed by atoms with E-state index in [4.69, 9.17) is 0 Å². The van der Waals surface area contributed by atoms with Crippen molar-refractivity contribution in [2.75, 3.05) is 33.7 Å². The number of hydrogen-bond donors (Lipinski definition) is 2. The molecule has 7 nitrogen and oxygen atoms in total. The number of rotatable bonds is 7. The number of benzene rings is 1. The van der Waals surface area contributed by atoms with Crippen molar-refractivity contribution in [2.45, 2.75) is 57.5 Å². The lowest BCUT2D eigenvalue weighted by atomic mass is 9.88. The molecule has 2 N–H and O–H groups in total. The maximum atomic E-state index is 12.8. The fraction of sp³-hybridized carbons (Fsp3) is 0.625. The molecule has 1 unspecified atom stereocenters. The van der Waals surface area contributed by atoms with E-state index in [-0.39, 0.29) is 41.8 Å². The van der Waals surface area contributed by atoms with Crippen LogP contribution in [0.4, 0.5) is 0 Å². The largest absolute Gasteiger partial charge is 0.356 e. The summed E-state index contributed by atoms with van der Waals surface area (Å²) in [6.07, 6.45) is 7.05. The van der Waals surface area contributed by atoms with Gasteiger partial charge in [-0.3, -0.25) is 14.6 Å². The average molecular weight is 556 g/mol. The minimum atomic E-state index is 0. The van der Waals surface area contributed by atoms with Crippen LogP contribution in [-0.4, -0.2) is 67.3 Å². The summed E-state index contributed by atoms with van der Waals surface area (Å²) >= 11 is 0. The van der Waals surface area contributed by atoms with Gasteiger partial charge in [-0.2, -0.15) is 0 Å². The molecule has 1 aliphatic carbocycles. The van der Waals surface area contributed by atoms with Gasteiger partial charge >= 0.3 is 0 Å². The topological polar surface area (TPSA) is 77.0 Å². The van der Waals surface area contributed by atoms with Gasteiger partial charge in [0.1, 0.15) is 0 Å². The van der Waals surface area contributed by atoms with Gasteiger partial charge in [0.05, 0.1) is 0 Å². The van der Waals surface area contributed by atoms with Gasteiger partial charge in [-0.05, 0) is 24.8 Å². The summed E-state index contributed by atoms with van der Waals surface area (Å²) < 4.78 is 0. The van der Waals surface area contributed by atoms with Crippen molar-refractivity contribution in [2.24, 2.45) is 10.9 Å². The highest BCUT2D eigenvalue weighted by molar-refractivity contribution is 14.0. The van der Waals surface area contributed by atoms with Crippen LogP contribution in [0.5, 0.6) is 0 Å². The average Bonchev–Trinajstić information content (AvgIpc) is 3.27. The molecule has 2 aliphatic rings. The number of hydrogen-bond acceptors (Lipinski definition) is 3. The summed E-state index contributed by atoms with van der Waals surface area (Å²) in [5, 5.41) is 6.66. The highest BCUT2D eigenvalue weighted by Gasteiger charge is 2.31. The summed E-state index contributed by atoms with van der Waals surface area (Å²) in [4.78, 5) is 33.2. The molecule has 32 heavy (non-hydrogen) atoms. The number of halogens is 1. The number of carbonyl (C=O) groups is 2. The van der Waals surface area contributed by atoms with Gasteiger partial charge < -0.3 is 20.4 Å². The quantitative estimate of drug-likeness (QED) is 0.308. The fourth-order valence-corrected chi connectivity index (χ4v) is 4.50. The number of guanidine groups is 1. The van der Waals surface area contributed by atoms with Crippen molar-refractivity contribution in [1.29, 1.82) is 0 Å². The maximum absolute atomic E-state index is 12.8. The van der Waals surface area contributed by atoms with Crippen LogP contribution in [0.15, 0.2) is 35.3 Å². The van der Waals surface area contributed by atoms with Crippen molar-refractivity contribution in [3.05, 3.63) is 35.9 Å². The third kappa shape index (κ3) is 7.94. The Morgan fingerprint density at radius 2 is 1.84 bits per heavy atom. The highest BCUT2D eigenvalue weighted by Crippen LogP contribution is 2.26. The molecule has 8 heteroatoms. The normalized spacial score (nSPS) is 19.2. The number of nitrogens with zero attached hydrogens (tertiary/aromatic N) is 3. The molecule has 1 aliphatic heterocycles. The Morgan fingerprint density at radius 3 is 2.53 bits per heavy atom. The summed E-state index contributed by atoms with van der Waals surface area (Å²) in [6.45, 7) is 2.68. The lowest BCUT2D eigenvalue weighted by molar-refractivity contribution is -0.135. The number of amides is 2. The minimum Gasteiger partial charge on any atom is -0.356 e. The minimum absolute atomic E-state index is 0. The van der Waals surface area contributed by atoms with Crippen molar-refractivity contribution < 1.29 is 9.59 Å². The van der Waals surface area contributed by atoms with Gasteiger partial charge in [0.15, 0.2) is 5.96 Å². The van der Waals surface area contributed by atoms with Gasteiger partial charge in [0, 0.05) is 58.7 Å². The lowest BCUT2D eigenvalue weighted by Gasteiger charge is -2.26. The second-order valence-electron chi connectivity index (χ2n) is 8.73. The van der Waals surface area contributed by atoms with Crippen LogP contribution in [0.25, 0.3) is 0 Å². The van der Waals surface area contributed by atoms with E-state index in [1.807, 2.05) is 42.3 Å². The molecule has 0 bridgehead atoms. The standard InChI is InChI=1S/C24H37N5O2.HI/c1-25-24(26-15-13-22(30)28(2)17-19-9-5-3-6-10-19)27-21-14-16-29(18-21)23(31)20-11-7-4-8-12-20;/h3,5-6,9-10,20-21H,4,7-8,11-18H2,1-2H3,(H2,25,26,27);1H. The Kier molecular flexibility index (Phi) is 11.3. The zero-order chi connectivity index (χ0) is 22.1. The molecule has 1 aromatic carbocycles. The summed E-state index contributed by atoms with van der Waals surface area (Å²) in [5.74, 6) is 1.34. The van der Waals surface area contributed by atoms with E-state index in [1.165, 1.54) is 19.3 Å². The van der Waals surface area contributed by atoms with Crippen molar-refractivity contribution in [3.63, 3.8) is 0 Å². The molecule has 1 saturated heterocycles. The van der Waals surface area contributed by atoms with Crippen LogP contribution in [0, 0.1) is 5.92 Å². The van der Waals surface area contributed by atoms with Gasteiger partial charge in [-0.1, -0.05) is 49.6 Å². The second kappa shape index (κ2) is 13.6. The molecule has 2 fully saturated rings. The van der Waals surface area contributed by atoms with E-state index in [0.29, 0.717) is 31.4 Å². The van der Waals surface area contributed by atoms with Crippen LogP contribution < -0.4 is 10.6 Å². The summed E-state index contributed by atoms with van der Waals surface area (Å²) in [7, 11) is 3.57. The van der Waals surface area contributed by atoms with Crippen molar-refractivity contribution in [1.82, 2.24) is 20.4 Å². The van der Waals surface area contributed by atoms with Crippen LogP contribution in [0.3, 0.4) is 0 Å². The first-order valence-corrected chi connectivity index (χ1v) is 11.6. The second-order valence-corrected chi connectivity index (χ2v) is 8.73. The Balaban J connectivity index is 0.00000363. The van der Waals surface area contributed by atoms with E-state index in [0.717, 1.165) is 37.9 Å². The molecule has 1 atom stereocenters. The molecule has 0 spiro atoms. The smallest absolute Gasteiger partial charge is 0.225 e. The third-order valence-electron chi connectivity index (χ3n) is 6.34. The molecule has 1 aromatic rings. The number of carbonyl (C=O) groups excluding carboxylic acids is 2. The van der Waals surface area contributed by atoms with Gasteiger partial charge in [0.25, 0.3) is 0 Å². The molecular formula is C24H38IN5O2. The molecular weight excluding hydrogens is 517 g/mol. The third-order valence-corrected chi connectivity index (χ3v) is 6.34. The Bertz CT molecular complexity index is 752. The van der Waals surface area contributed by atoms with Crippen molar-refractivity contribution >= 4 is 41.8 Å². The summed E-state index contributed by atoms with van der Waals surface area (Å²) in [5.41, 5.74) is 1.12. The monoisotopic (exact) mass is 555 g/mol. The van der Waals surface area contributed by atoms with Gasteiger partial charge in [-0.25, -0.2) is 0 Å². The van der Waals surface area contributed by atoms with Gasteiger partial charge in [0.2, 0.25) is 11.8 Å². The van der Waals surface area contributed by atoms with Gasteiger partial charge in [-0.15, -0.1) is 24.0 Å². The van der Waals surface area contributed by atoms with Crippen LogP contribution in [0.1, 0.15) is 50.5 Å². The predicted molar refractivity (Wildman–Crippen MR) is 139 cm³/mol. The molecule has 2 amide bonds. The SMILES string of the molecule is CN=C(NCCC(=O)N(C)Cc1ccccc1)NC1CCN(C(=O)C2CCCCC2)C1.I. The first kappa shape index (κ1) is 26.4. The molecule has 0 radical (unpaired) electrons. The van der Waals surface area contributed by atoms with E-state index in [1.54, 1.807) is 11.9 Å². The Labute approximate surface area is 209 Å². The summed E-state index contributed by atoms with van der Waals surface area (Å²) in [6, 6.07) is 10.2. The fourth-order valence-electron chi connectivity index (χ4n) is 4.50. The van der Waals surface area contributed by atoms with E-state index >= 15 is 0 Å². The predicted octanol–water partition coefficient (Wildman–Crippen LogP) is 3.00. The van der Waals surface area contributed by atoms with E-state index in [2.05, 4.69) is 15.6 Å². The lowest BCUT2D eigenvalue weighted by Crippen LogP contribution is -2.46. The van der Waals surface area contributed by atoms with Crippen LogP contribution in [-0.2, 0) is 16.1 Å². The van der Waals surface area contributed by atoms with Crippen molar-refractivity contribution in [3.8, 4) is 0 Å². The number of nitrogens with one attached hydrogen (secondary N) is 2. The van der Waals surface area contributed by atoms with Crippen LogP contribution >= 0.6 is 24.0 Å². The molecule has 3 rings (SSSR count). The first-order chi connectivity index (χ1) is 15.1. The molecule has 1 heterocycles. The Morgan fingerprint density at radius 1 is 1.12 bits per heavy atom. The highest BCUT2D eigenvalue weighted by atomic mass is 127. The molecule has 0 aromatic heterocycles. The van der Waals surface area contributed by atoms with E-state index in [9.17, 15) is 9.59 Å². The van der Waals surface area contributed by atoms with E-state index < -0.39 is 0 Å². The maximum Gasteiger partial charge on any atom is 0.225 e. The molecule has 178 valence electrons. The Hall–Kier alpha value is -1.84. The zero-order valence-electron chi connectivity index (χ0n) is 19.4. The van der Waals surface area contributed by atoms with Crippen LogP contribution in [0.2, 0.25) is 0 Å².